The third kappa shape index (κ3) is 2.58. The molecule has 3 atom stereocenters. The standard InChI is InChI=1S/C10H16N2O5S/c13-8(14)4-2-1-3-7-9-6(5-18(7,16)17)11-10(15)12-9/h6-7,9H,1-5H2,(H,13,14)(H2,11,12,15)/t6-,7-,9-/m1/s1. The highest BCUT2D eigenvalue weighted by Crippen LogP contribution is 2.28. The summed E-state index contributed by atoms with van der Waals surface area (Å²) in [5.41, 5.74) is 0. The predicted octanol–water partition coefficient (Wildman–Crippen LogP) is -0.522. The smallest absolute Gasteiger partial charge is 0.315 e. The van der Waals surface area contributed by atoms with Gasteiger partial charge in [-0.25, -0.2) is 13.2 Å². The molecule has 0 bridgehead atoms. The van der Waals surface area contributed by atoms with Gasteiger partial charge in [-0.05, 0) is 12.8 Å². The molecule has 2 fully saturated rings. The van der Waals surface area contributed by atoms with Crippen LogP contribution in [0.1, 0.15) is 25.7 Å². The van der Waals surface area contributed by atoms with Crippen LogP contribution in [-0.2, 0) is 14.6 Å². The molecular formula is C10H16N2O5S. The predicted molar refractivity (Wildman–Crippen MR) is 62.9 cm³/mol. The Morgan fingerprint density at radius 2 is 2.06 bits per heavy atom. The van der Waals surface area contributed by atoms with Crippen LogP contribution in [0, 0.1) is 0 Å². The average molecular weight is 276 g/mol. The molecule has 3 N–H and O–H groups in total. The number of unbranched alkanes of at least 4 members (excludes halogenated alkanes) is 1. The van der Waals surface area contributed by atoms with E-state index < -0.39 is 21.1 Å². The molecule has 2 aliphatic heterocycles. The van der Waals surface area contributed by atoms with E-state index in [1.807, 2.05) is 0 Å². The van der Waals surface area contributed by atoms with Gasteiger partial charge in [0.15, 0.2) is 9.84 Å². The number of fused-ring (bicyclic) bond motifs is 1. The lowest BCUT2D eigenvalue weighted by atomic mass is 10.0. The van der Waals surface area contributed by atoms with Gasteiger partial charge < -0.3 is 15.7 Å². The molecule has 2 saturated heterocycles. The van der Waals surface area contributed by atoms with Gasteiger partial charge in [0.2, 0.25) is 0 Å². The highest BCUT2D eigenvalue weighted by Gasteiger charge is 2.51. The van der Waals surface area contributed by atoms with Gasteiger partial charge >= 0.3 is 12.0 Å². The van der Waals surface area contributed by atoms with Gasteiger partial charge in [-0.3, -0.25) is 4.79 Å². The number of urea groups is 1. The zero-order chi connectivity index (χ0) is 13.3. The minimum atomic E-state index is -3.20. The molecule has 0 saturated carbocycles. The van der Waals surface area contributed by atoms with Gasteiger partial charge in [0.05, 0.1) is 23.1 Å². The van der Waals surface area contributed by atoms with Crippen molar-refractivity contribution in [3.05, 3.63) is 0 Å². The Bertz CT molecular complexity index is 461. The molecule has 0 unspecified atom stereocenters. The van der Waals surface area contributed by atoms with Gasteiger partial charge in [-0.2, -0.15) is 0 Å². The van der Waals surface area contributed by atoms with E-state index in [0.717, 1.165) is 0 Å². The number of amides is 2. The van der Waals surface area contributed by atoms with Crippen LogP contribution in [0.15, 0.2) is 0 Å². The fourth-order valence-electron chi connectivity index (χ4n) is 2.63. The van der Waals surface area contributed by atoms with Crippen molar-refractivity contribution in [1.82, 2.24) is 10.6 Å². The normalized spacial score (nSPS) is 32.7. The number of rotatable bonds is 5. The second-order valence-electron chi connectivity index (χ2n) is 4.76. The quantitative estimate of drug-likeness (QED) is 0.462. The molecule has 2 rings (SSSR count). The van der Waals surface area contributed by atoms with E-state index in [1.54, 1.807) is 0 Å². The second kappa shape index (κ2) is 4.75. The lowest BCUT2D eigenvalue weighted by Gasteiger charge is -2.15. The van der Waals surface area contributed by atoms with Crippen LogP contribution in [0.4, 0.5) is 4.79 Å². The van der Waals surface area contributed by atoms with Gasteiger partial charge in [0, 0.05) is 6.42 Å². The third-order valence-corrected chi connectivity index (χ3v) is 5.73. The number of carbonyl (C=O) groups excluding carboxylic acids is 1. The summed E-state index contributed by atoms with van der Waals surface area (Å²) in [7, 11) is -3.20. The van der Waals surface area contributed by atoms with Crippen LogP contribution >= 0.6 is 0 Å². The maximum absolute atomic E-state index is 11.9. The molecule has 2 amide bonds. The number of carboxylic acid groups (broad SMARTS) is 1. The van der Waals surface area contributed by atoms with Gasteiger partial charge in [-0.15, -0.1) is 0 Å². The molecule has 0 spiro atoms. The summed E-state index contributed by atoms with van der Waals surface area (Å²) in [5.74, 6) is -0.905. The monoisotopic (exact) mass is 276 g/mol. The van der Waals surface area contributed by atoms with Crippen molar-refractivity contribution in [3.63, 3.8) is 0 Å². The summed E-state index contributed by atoms with van der Waals surface area (Å²) < 4.78 is 23.8. The lowest BCUT2D eigenvalue weighted by molar-refractivity contribution is -0.137. The number of sulfone groups is 1. The maximum Gasteiger partial charge on any atom is 0.315 e. The summed E-state index contributed by atoms with van der Waals surface area (Å²) in [6.45, 7) is 0. The van der Waals surface area contributed by atoms with Crippen molar-refractivity contribution in [3.8, 4) is 0 Å². The number of carboxylic acids is 1. The molecule has 7 nitrogen and oxygen atoms in total. The van der Waals surface area contributed by atoms with Gasteiger partial charge in [0.25, 0.3) is 0 Å². The zero-order valence-electron chi connectivity index (χ0n) is 9.76. The van der Waals surface area contributed by atoms with Crippen LogP contribution in [0.5, 0.6) is 0 Å². The van der Waals surface area contributed by atoms with E-state index in [9.17, 15) is 18.0 Å². The van der Waals surface area contributed by atoms with Crippen molar-refractivity contribution >= 4 is 21.8 Å². The van der Waals surface area contributed by atoms with E-state index in [0.29, 0.717) is 19.3 Å². The Morgan fingerprint density at radius 1 is 1.33 bits per heavy atom. The molecule has 8 heteroatoms. The van der Waals surface area contributed by atoms with Gasteiger partial charge in [0.1, 0.15) is 0 Å². The Balaban J connectivity index is 1.93. The number of nitrogens with one attached hydrogen (secondary N) is 2. The van der Waals surface area contributed by atoms with Crippen molar-refractivity contribution < 1.29 is 23.1 Å². The zero-order valence-corrected chi connectivity index (χ0v) is 10.6. The van der Waals surface area contributed by atoms with Crippen LogP contribution in [0.2, 0.25) is 0 Å². The molecule has 0 aromatic carbocycles. The Hall–Kier alpha value is -1.31. The van der Waals surface area contributed by atoms with E-state index >= 15 is 0 Å². The minimum Gasteiger partial charge on any atom is -0.481 e. The van der Waals surface area contributed by atoms with E-state index in [2.05, 4.69) is 10.6 Å². The number of hydrogen-bond donors (Lipinski definition) is 3. The molecule has 0 aromatic rings. The summed E-state index contributed by atoms with van der Waals surface area (Å²) in [4.78, 5) is 21.5. The second-order valence-corrected chi connectivity index (χ2v) is 7.02. The fourth-order valence-corrected chi connectivity index (χ4v) is 4.90. The fraction of sp³-hybridized carbons (Fsp3) is 0.800. The largest absolute Gasteiger partial charge is 0.481 e. The van der Waals surface area contributed by atoms with E-state index in [-0.39, 0.29) is 30.3 Å². The molecule has 0 aliphatic carbocycles. The Morgan fingerprint density at radius 3 is 2.72 bits per heavy atom. The lowest BCUT2D eigenvalue weighted by Crippen LogP contribution is -2.39. The molecule has 2 aliphatic rings. The number of carbonyl (C=O) groups is 2. The van der Waals surface area contributed by atoms with E-state index in [4.69, 9.17) is 5.11 Å². The number of hydrogen-bond acceptors (Lipinski definition) is 4. The summed E-state index contributed by atoms with van der Waals surface area (Å²) >= 11 is 0. The maximum atomic E-state index is 11.9. The van der Waals surface area contributed by atoms with Crippen molar-refractivity contribution in [1.29, 1.82) is 0 Å². The summed E-state index contributed by atoms with van der Waals surface area (Å²) in [6, 6.07) is -1.03. The van der Waals surface area contributed by atoms with E-state index in [1.165, 1.54) is 0 Å². The summed E-state index contributed by atoms with van der Waals surface area (Å²) in [6.07, 6.45) is 1.44. The molecule has 18 heavy (non-hydrogen) atoms. The Kier molecular flexibility index (Phi) is 3.47. The van der Waals surface area contributed by atoms with Crippen molar-refractivity contribution in [2.45, 2.75) is 43.0 Å². The molecule has 0 aromatic heterocycles. The van der Waals surface area contributed by atoms with Crippen LogP contribution in [0.25, 0.3) is 0 Å². The van der Waals surface area contributed by atoms with Crippen molar-refractivity contribution in [2.75, 3.05) is 5.75 Å². The Labute approximate surface area is 105 Å². The first-order valence-electron chi connectivity index (χ1n) is 5.90. The number of aliphatic carboxylic acids is 1. The van der Waals surface area contributed by atoms with Crippen molar-refractivity contribution in [2.24, 2.45) is 0 Å². The SMILES string of the molecule is O=C(O)CCCC[C@@H]1[C@@H]2NC(=O)N[C@@H]2CS1(=O)=O. The minimum absolute atomic E-state index is 0.0278. The highest BCUT2D eigenvalue weighted by molar-refractivity contribution is 7.92. The molecular weight excluding hydrogens is 260 g/mol. The molecule has 0 radical (unpaired) electrons. The first kappa shape index (κ1) is 13.1. The topological polar surface area (TPSA) is 113 Å². The van der Waals surface area contributed by atoms with Gasteiger partial charge in [-0.1, -0.05) is 6.42 Å². The molecule has 2 heterocycles. The molecule has 102 valence electrons. The first-order valence-corrected chi connectivity index (χ1v) is 7.62. The van der Waals surface area contributed by atoms with Crippen LogP contribution < -0.4 is 10.6 Å². The third-order valence-electron chi connectivity index (χ3n) is 3.45. The van der Waals surface area contributed by atoms with Crippen LogP contribution in [-0.4, -0.2) is 48.6 Å². The summed E-state index contributed by atoms with van der Waals surface area (Å²) in [5, 5.41) is 13.1. The highest BCUT2D eigenvalue weighted by atomic mass is 32.2. The first-order chi connectivity index (χ1) is 8.40. The average Bonchev–Trinajstić information content (AvgIpc) is 2.66. The van der Waals surface area contributed by atoms with Crippen LogP contribution in [0.3, 0.4) is 0 Å².